The smallest absolute Gasteiger partial charge is 0.109 e. The van der Waals surface area contributed by atoms with Crippen molar-refractivity contribution in [3.63, 3.8) is 0 Å². The van der Waals surface area contributed by atoms with Gasteiger partial charge in [0.05, 0.1) is 18.8 Å². The third-order valence-corrected chi connectivity index (χ3v) is 2.58. The fraction of sp³-hybridized carbons (Fsp3) is 1.00. The summed E-state index contributed by atoms with van der Waals surface area (Å²) in [6, 6.07) is 0. The SMILES string of the molecule is C[C@@H]1OC(CO)[C@@H](O)C(O)[C@@H]1C. The Balaban J connectivity index is 2.63. The zero-order valence-electron chi connectivity index (χ0n) is 7.34. The van der Waals surface area contributed by atoms with Gasteiger partial charge in [0.25, 0.3) is 0 Å². The van der Waals surface area contributed by atoms with Gasteiger partial charge in [-0.1, -0.05) is 6.92 Å². The van der Waals surface area contributed by atoms with Crippen molar-refractivity contribution in [2.24, 2.45) is 5.92 Å². The van der Waals surface area contributed by atoms with Gasteiger partial charge < -0.3 is 20.1 Å². The van der Waals surface area contributed by atoms with Gasteiger partial charge in [-0.2, -0.15) is 0 Å². The molecule has 1 aliphatic rings. The maximum atomic E-state index is 9.48. The molecular formula is C8H16O4. The molecule has 0 amide bonds. The highest BCUT2D eigenvalue weighted by Gasteiger charge is 2.39. The van der Waals surface area contributed by atoms with E-state index in [1.165, 1.54) is 0 Å². The van der Waals surface area contributed by atoms with E-state index in [-0.39, 0.29) is 18.6 Å². The lowest BCUT2D eigenvalue weighted by molar-refractivity contribution is -0.200. The Morgan fingerprint density at radius 1 is 1.17 bits per heavy atom. The lowest BCUT2D eigenvalue weighted by Gasteiger charge is -2.39. The highest BCUT2D eigenvalue weighted by molar-refractivity contribution is 4.87. The Morgan fingerprint density at radius 3 is 2.25 bits per heavy atom. The van der Waals surface area contributed by atoms with Crippen molar-refractivity contribution in [1.29, 1.82) is 0 Å². The summed E-state index contributed by atoms with van der Waals surface area (Å²) in [6.07, 6.45) is -2.54. The second-order valence-corrected chi connectivity index (χ2v) is 3.40. The Morgan fingerprint density at radius 2 is 1.75 bits per heavy atom. The van der Waals surface area contributed by atoms with E-state index >= 15 is 0 Å². The van der Waals surface area contributed by atoms with Crippen LogP contribution < -0.4 is 0 Å². The average Bonchev–Trinajstić information content (AvgIpc) is 2.08. The molecule has 0 aromatic carbocycles. The molecule has 72 valence electrons. The summed E-state index contributed by atoms with van der Waals surface area (Å²) in [5.41, 5.74) is 0. The van der Waals surface area contributed by atoms with Gasteiger partial charge >= 0.3 is 0 Å². The van der Waals surface area contributed by atoms with Crippen LogP contribution in [0.2, 0.25) is 0 Å². The summed E-state index contributed by atoms with van der Waals surface area (Å²) in [5, 5.41) is 27.7. The van der Waals surface area contributed by atoms with Crippen LogP contribution in [0.25, 0.3) is 0 Å². The molecule has 1 fully saturated rings. The van der Waals surface area contributed by atoms with Gasteiger partial charge in [-0.25, -0.2) is 0 Å². The fourth-order valence-corrected chi connectivity index (χ4v) is 1.44. The summed E-state index contributed by atoms with van der Waals surface area (Å²) < 4.78 is 5.27. The van der Waals surface area contributed by atoms with Gasteiger partial charge in [0.1, 0.15) is 12.2 Å². The Kier molecular flexibility index (Phi) is 3.06. The molecule has 3 N–H and O–H groups in total. The molecule has 0 saturated carbocycles. The molecule has 0 bridgehead atoms. The molecule has 0 spiro atoms. The first-order valence-corrected chi connectivity index (χ1v) is 4.20. The molecule has 1 heterocycles. The zero-order chi connectivity index (χ0) is 9.30. The topological polar surface area (TPSA) is 69.9 Å². The highest BCUT2D eigenvalue weighted by atomic mass is 16.5. The van der Waals surface area contributed by atoms with Crippen LogP contribution >= 0.6 is 0 Å². The molecule has 1 aliphatic heterocycles. The van der Waals surface area contributed by atoms with Crippen molar-refractivity contribution in [2.45, 2.75) is 38.3 Å². The first-order chi connectivity index (χ1) is 5.57. The number of rotatable bonds is 1. The number of ether oxygens (including phenoxy) is 1. The second kappa shape index (κ2) is 3.70. The van der Waals surface area contributed by atoms with E-state index in [0.717, 1.165) is 0 Å². The van der Waals surface area contributed by atoms with Crippen molar-refractivity contribution >= 4 is 0 Å². The fourth-order valence-electron chi connectivity index (χ4n) is 1.44. The molecule has 4 heteroatoms. The van der Waals surface area contributed by atoms with Crippen molar-refractivity contribution in [1.82, 2.24) is 0 Å². The molecular weight excluding hydrogens is 160 g/mol. The third-order valence-electron chi connectivity index (χ3n) is 2.58. The maximum absolute atomic E-state index is 9.48. The number of aliphatic hydroxyl groups excluding tert-OH is 3. The van der Waals surface area contributed by atoms with Crippen LogP contribution in [-0.2, 0) is 4.74 Å². The lowest BCUT2D eigenvalue weighted by Crippen LogP contribution is -2.53. The molecule has 4 nitrogen and oxygen atoms in total. The molecule has 0 radical (unpaired) electrons. The van der Waals surface area contributed by atoms with E-state index in [9.17, 15) is 10.2 Å². The quantitative estimate of drug-likeness (QED) is 0.485. The van der Waals surface area contributed by atoms with Crippen molar-refractivity contribution in [3.05, 3.63) is 0 Å². The monoisotopic (exact) mass is 176 g/mol. The van der Waals surface area contributed by atoms with Crippen LogP contribution in [0.3, 0.4) is 0 Å². The van der Waals surface area contributed by atoms with Crippen LogP contribution in [-0.4, -0.2) is 46.3 Å². The summed E-state index contributed by atoms with van der Waals surface area (Å²) in [5.74, 6) is -0.0946. The largest absolute Gasteiger partial charge is 0.394 e. The van der Waals surface area contributed by atoms with E-state index in [2.05, 4.69) is 0 Å². The predicted octanol–water partition coefficient (Wildman–Crippen LogP) is -0.876. The van der Waals surface area contributed by atoms with Crippen LogP contribution in [0.15, 0.2) is 0 Å². The van der Waals surface area contributed by atoms with Gasteiger partial charge in [-0.3, -0.25) is 0 Å². The minimum absolute atomic E-state index is 0.0946. The van der Waals surface area contributed by atoms with Gasteiger partial charge in [-0.05, 0) is 6.92 Å². The Labute approximate surface area is 71.8 Å². The van der Waals surface area contributed by atoms with Crippen LogP contribution in [0, 0.1) is 5.92 Å². The van der Waals surface area contributed by atoms with Crippen LogP contribution in [0.1, 0.15) is 13.8 Å². The number of aliphatic hydroxyl groups is 3. The lowest BCUT2D eigenvalue weighted by atomic mass is 9.89. The molecule has 2 unspecified atom stereocenters. The zero-order valence-corrected chi connectivity index (χ0v) is 7.34. The summed E-state index contributed by atoms with van der Waals surface area (Å²) >= 11 is 0. The van der Waals surface area contributed by atoms with E-state index in [1.807, 2.05) is 13.8 Å². The van der Waals surface area contributed by atoms with Crippen molar-refractivity contribution in [3.8, 4) is 0 Å². The Hall–Kier alpha value is -0.160. The highest BCUT2D eigenvalue weighted by Crippen LogP contribution is 2.25. The minimum Gasteiger partial charge on any atom is -0.394 e. The molecule has 5 atom stereocenters. The Bertz CT molecular complexity index is 145. The molecule has 1 saturated heterocycles. The van der Waals surface area contributed by atoms with E-state index < -0.39 is 18.3 Å². The van der Waals surface area contributed by atoms with E-state index in [4.69, 9.17) is 9.84 Å². The molecule has 12 heavy (non-hydrogen) atoms. The first-order valence-electron chi connectivity index (χ1n) is 4.20. The van der Waals surface area contributed by atoms with Crippen molar-refractivity contribution in [2.75, 3.05) is 6.61 Å². The minimum atomic E-state index is -0.971. The number of hydrogen-bond acceptors (Lipinski definition) is 4. The van der Waals surface area contributed by atoms with Crippen LogP contribution in [0.5, 0.6) is 0 Å². The van der Waals surface area contributed by atoms with Crippen molar-refractivity contribution < 1.29 is 20.1 Å². The summed E-state index contributed by atoms with van der Waals surface area (Å²) in [6.45, 7) is 3.38. The van der Waals surface area contributed by atoms with Gasteiger partial charge in [-0.15, -0.1) is 0 Å². The van der Waals surface area contributed by atoms with Gasteiger partial charge in [0.15, 0.2) is 0 Å². The second-order valence-electron chi connectivity index (χ2n) is 3.40. The van der Waals surface area contributed by atoms with Gasteiger partial charge in [0.2, 0.25) is 0 Å². The molecule has 0 aromatic rings. The van der Waals surface area contributed by atoms with E-state index in [1.54, 1.807) is 0 Å². The predicted molar refractivity (Wildman–Crippen MR) is 42.6 cm³/mol. The van der Waals surface area contributed by atoms with E-state index in [0.29, 0.717) is 0 Å². The maximum Gasteiger partial charge on any atom is 0.109 e. The summed E-state index contributed by atoms with van der Waals surface area (Å²) in [7, 11) is 0. The first kappa shape index (κ1) is 9.92. The molecule has 1 rings (SSSR count). The average molecular weight is 176 g/mol. The standard InChI is InChI=1S/C8H16O4/c1-4-5(2)12-6(3-9)8(11)7(4)10/h4-11H,3H2,1-2H3/t4-,5+,6?,7?,8-/m1/s1. The van der Waals surface area contributed by atoms with Gasteiger partial charge in [0, 0.05) is 5.92 Å². The normalized spacial score (nSPS) is 49.2. The van der Waals surface area contributed by atoms with Crippen LogP contribution in [0.4, 0.5) is 0 Å². The number of hydrogen-bond donors (Lipinski definition) is 3. The molecule has 0 aliphatic carbocycles. The third kappa shape index (κ3) is 1.61. The molecule has 0 aromatic heterocycles. The summed E-state index contributed by atoms with van der Waals surface area (Å²) in [4.78, 5) is 0.